The summed E-state index contributed by atoms with van der Waals surface area (Å²) in [5.74, 6) is 1.09. The Bertz CT molecular complexity index is 346. The standard InChI is InChI=1S/C12H21N3O/c1-4-13-7-11-10-8-15(9(2)3)6-5-12(10)16-14-11/h9,13H,4-8H2,1-3H3. The minimum Gasteiger partial charge on any atom is -0.361 e. The van der Waals surface area contributed by atoms with Crippen LogP contribution >= 0.6 is 0 Å². The van der Waals surface area contributed by atoms with Gasteiger partial charge in [-0.15, -0.1) is 0 Å². The fourth-order valence-corrected chi connectivity index (χ4v) is 2.11. The van der Waals surface area contributed by atoms with Gasteiger partial charge in [-0.1, -0.05) is 12.1 Å². The summed E-state index contributed by atoms with van der Waals surface area (Å²) in [4.78, 5) is 2.47. The van der Waals surface area contributed by atoms with E-state index in [1.54, 1.807) is 0 Å². The molecular weight excluding hydrogens is 202 g/mol. The Hall–Kier alpha value is -0.870. The lowest BCUT2D eigenvalue weighted by Crippen LogP contribution is -2.36. The van der Waals surface area contributed by atoms with Gasteiger partial charge in [0, 0.05) is 37.7 Å². The van der Waals surface area contributed by atoms with Crippen molar-refractivity contribution in [3.63, 3.8) is 0 Å². The zero-order valence-electron chi connectivity index (χ0n) is 10.4. The highest BCUT2D eigenvalue weighted by molar-refractivity contribution is 5.25. The molecule has 0 fully saturated rings. The van der Waals surface area contributed by atoms with Crippen LogP contribution in [0, 0.1) is 0 Å². The van der Waals surface area contributed by atoms with Gasteiger partial charge in [0.05, 0.1) is 0 Å². The van der Waals surface area contributed by atoms with E-state index in [1.165, 1.54) is 5.56 Å². The number of nitrogens with zero attached hydrogens (tertiary/aromatic N) is 2. The molecule has 0 unspecified atom stereocenters. The molecule has 16 heavy (non-hydrogen) atoms. The number of fused-ring (bicyclic) bond motifs is 1. The van der Waals surface area contributed by atoms with Crippen LogP contribution in [0.3, 0.4) is 0 Å². The Morgan fingerprint density at radius 3 is 3.00 bits per heavy atom. The first-order valence-corrected chi connectivity index (χ1v) is 6.13. The van der Waals surface area contributed by atoms with Gasteiger partial charge in [-0.3, -0.25) is 4.90 Å². The van der Waals surface area contributed by atoms with E-state index >= 15 is 0 Å². The number of hydrogen-bond acceptors (Lipinski definition) is 4. The first kappa shape index (κ1) is 11.6. The van der Waals surface area contributed by atoms with Crippen LogP contribution in [0.15, 0.2) is 4.52 Å². The van der Waals surface area contributed by atoms with E-state index < -0.39 is 0 Å². The molecule has 2 heterocycles. The van der Waals surface area contributed by atoms with E-state index in [1.807, 2.05) is 0 Å². The molecule has 1 aliphatic rings. The monoisotopic (exact) mass is 223 g/mol. The van der Waals surface area contributed by atoms with Gasteiger partial charge < -0.3 is 9.84 Å². The summed E-state index contributed by atoms with van der Waals surface area (Å²) >= 11 is 0. The normalized spacial score (nSPS) is 16.8. The molecule has 0 saturated heterocycles. The zero-order chi connectivity index (χ0) is 11.5. The molecule has 0 saturated carbocycles. The highest BCUT2D eigenvalue weighted by atomic mass is 16.5. The minimum absolute atomic E-state index is 0.593. The van der Waals surface area contributed by atoms with Crippen LogP contribution in [0.1, 0.15) is 37.8 Å². The van der Waals surface area contributed by atoms with Crippen molar-refractivity contribution >= 4 is 0 Å². The Morgan fingerprint density at radius 1 is 1.50 bits per heavy atom. The number of aromatic nitrogens is 1. The molecule has 1 aromatic heterocycles. The fourth-order valence-electron chi connectivity index (χ4n) is 2.11. The van der Waals surface area contributed by atoms with Crippen molar-refractivity contribution in [2.24, 2.45) is 0 Å². The van der Waals surface area contributed by atoms with Gasteiger partial charge >= 0.3 is 0 Å². The van der Waals surface area contributed by atoms with Gasteiger partial charge in [0.25, 0.3) is 0 Å². The first-order valence-electron chi connectivity index (χ1n) is 6.13. The maximum absolute atomic E-state index is 5.40. The van der Waals surface area contributed by atoms with Crippen LogP contribution in [0.25, 0.3) is 0 Å². The average Bonchev–Trinajstić information content (AvgIpc) is 2.68. The number of nitrogens with one attached hydrogen (secondary N) is 1. The summed E-state index contributed by atoms with van der Waals surface area (Å²) in [6.45, 7) is 10.4. The van der Waals surface area contributed by atoms with Crippen LogP contribution in [0.5, 0.6) is 0 Å². The van der Waals surface area contributed by atoms with E-state index in [0.29, 0.717) is 6.04 Å². The van der Waals surface area contributed by atoms with E-state index in [-0.39, 0.29) is 0 Å². The van der Waals surface area contributed by atoms with Crippen LogP contribution in [0.4, 0.5) is 0 Å². The molecule has 4 nitrogen and oxygen atoms in total. The average molecular weight is 223 g/mol. The van der Waals surface area contributed by atoms with Crippen molar-refractivity contribution in [3.05, 3.63) is 17.0 Å². The summed E-state index contributed by atoms with van der Waals surface area (Å²) in [5.41, 5.74) is 2.39. The predicted molar refractivity (Wildman–Crippen MR) is 63.1 cm³/mol. The second-order valence-corrected chi connectivity index (χ2v) is 4.63. The highest BCUT2D eigenvalue weighted by Crippen LogP contribution is 2.23. The highest BCUT2D eigenvalue weighted by Gasteiger charge is 2.24. The molecule has 2 rings (SSSR count). The van der Waals surface area contributed by atoms with Gasteiger partial charge in [-0.25, -0.2) is 0 Å². The smallest absolute Gasteiger partial charge is 0.142 e. The van der Waals surface area contributed by atoms with Crippen LogP contribution in [-0.4, -0.2) is 29.2 Å². The largest absolute Gasteiger partial charge is 0.361 e. The van der Waals surface area contributed by atoms with Crippen molar-refractivity contribution in [2.75, 3.05) is 13.1 Å². The molecule has 0 radical (unpaired) electrons. The quantitative estimate of drug-likeness (QED) is 0.841. The van der Waals surface area contributed by atoms with Crippen molar-refractivity contribution in [1.82, 2.24) is 15.4 Å². The van der Waals surface area contributed by atoms with Gasteiger partial charge in [0.1, 0.15) is 11.5 Å². The SMILES string of the molecule is CCNCc1noc2c1CN(C(C)C)CC2. The molecule has 0 bridgehead atoms. The maximum atomic E-state index is 5.40. The van der Waals surface area contributed by atoms with Gasteiger partial charge in [0.2, 0.25) is 0 Å². The van der Waals surface area contributed by atoms with Crippen molar-refractivity contribution in [1.29, 1.82) is 0 Å². The van der Waals surface area contributed by atoms with Crippen molar-refractivity contribution in [2.45, 2.75) is 46.3 Å². The van der Waals surface area contributed by atoms with Crippen molar-refractivity contribution < 1.29 is 4.52 Å². The molecule has 0 aromatic carbocycles. The zero-order valence-corrected chi connectivity index (χ0v) is 10.4. The third kappa shape index (κ3) is 2.28. The molecular formula is C12H21N3O. The predicted octanol–water partition coefficient (Wildman–Crippen LogP) is 1.55. The molecule has 0 aliphatic carbocycles. The molecule has 1 N–H and O–H groups in total. The van der Waals surface area contributed by atoms with Gasteiger partial charge in [-0.05, 0) is 20.4 Å². The minimum atomic E-state index is 0.593. The van der Waals surface area contributed by atoms with Crippen LogP contribution < -0.4 is 5.32 Å². The number of rotatable bonds is 4. The molecule has 0 atom stereocenters. The van der Waals surface area contributed by atoms with Crippen LogP contribution in [0.2, 0.25) is 0 Å². The fraction of sp³-hybridized carbons (Fsp3) is 0.750. The molecule has 0 spiro atoms. The summed E-state index contributed by atoms with van der Waals surface area (Å²) in [6, 6.07) is 0.593. The molecule has 1 aromatic rings. The summed E-state index contributed by atoms with van der Waals surface area (Å²) in [5, 5.41) is 7.47. The lowest BCUT2D eigenvalue weighted by Gasteiger charge is -2.29. The first-order chi connectivity index (χ1) is 7.72. The van der Waals surface area contributed by atoms with E-state index in [2.05, 4.69) is 36.1 Å². The third-order valence-electron chi connectivity index (χ3n) is 3.21. The van der Waals surface area contributed by atoms with Gasteiger partial charge in [0.15, 0.2) is 0 Å². The van der Waals surface area contributed by atoms with Crippen molar-refractivity contribution in [3.8, 4) is 0 Å². The Balaban J connectivity index is 2.11. The number of hydrogen-bond donors (Lipinski definition) is 1. The summed E-state index contributed by atoms with van der Waals surface area (Å²) in [6.07, 6.45) is 0.993. The molecule has 90 valence electrons. The second kappa shape index (κ2) is 4.97. The molecule has 1 aliphatic heterocycles. The van der Waals surface area contributed by atoms with E-state index in [4.69, 9.17) is 4.52 Å². The second-order valence-electron chi connectivity index (χ2n) is 4.63. The summed E-state index contributed by atoms with van der Waals surface area (Å²) < 4.78 is 5.40. The lowest BCUT2D eigenvalue weighted by molar-refractivity contribution is 0.192. The van der Waals surface area contributed by atoms with Gasteiger partial charge in [-0.2, -0.15) is 0 Å². The molecule has 0 amide bonds. The van der Waals surface area contributed by atoms with E-state index in [0.717, 1.165) is 44.1 Å². The Morgan fingerprint density at radius 2 is 2.31 bits per heavy atom. The lowest BCUT2D eigenvalue weighted by atomic mass is 10.0. The van der Waals surface area contributed by atoms with E-state index in [9.17, 15) is 0 Å². The third-order valence-corrected chi connectivity index (χ3v) is 3.21. The summed E-state index contributed by atoms with van der Waals surface area (Å²) in [7, 11) is 0. The topological polar surface area (TPSA) is 41.3 Å². The maximum Gasteiger partial charge on any atom is 0.142 e. The molecule has 4 heteroatoms. The Kier molecular flexibility index (Phi) is 3.61. The Labute approximate surface area is 97.0 Å². The van der Waals surface area contributed by atoms with Crippen LogP contribution in [-0.2, 0) is 19.5 Å².